The fourth-order valence-electron chi connectivity index (χ4n) is 3.01. The van der Waals surface area contributed by atoms with Crippen LogP contribution in [0.25, 0.3) is 0 Å². The topological polar surface area (TPSA) is 82.7 Å². The number of nitrogens with zero attached hydrogens (tertiary/aromatic N) is 1. The van der Waals surface area contributed by atoms with Crippen molar-refractivity contribution in [2.45, 2.75) is 39.7 Å². The number of carbonyl (C=O) groups is 2. The van der Waals surface area contributed by atoms with Crippen LogP contribution in [0, 0.1) is 5.41 Å². The molecule has 0 radical (unpaired) electrons. The number of benzene rings is 1. The summed E-state index contributed by atoms with van der Waals surface area (Å²) in [7, 11) is 1.68. The highest BCUT2D eigenvalue weighted by Crippen LogP contribution is 2.29. The van der Waals surface area contributed by atoms with Crippen LogP contribution in [0.3, 0.4) is 0 Å². The molecular weight excluding hydrogens is 344 g/mol. The summed E-state index contributed by atoms with van der Waals surface area (Å²) in [5.41, 5.74) is 0.676. The molecule has 3 N–H and O–H groups in total. The number of rotatable bonds is 6. The smallest absolute Gasteiger partial charge is 0.315 e. The van der Waals surface area contributed by atoms with Gasteiger partial charge < -0.3 is 25.6 Å². The molecule has 27 heavy (non-hydrogen) atoms. The first-order valence-electron chi connectivity index (χ1n) is 9.52. The second-order valence-electron chi connectivity index (χ2n) is 7.84. The van der Waals surface area contributed by atoms with Crippen molar-refractivity contribution in [2.24, 2.45) is 5.41 Å². The highest BCUT2D eigenvalue weighted by Gasteiger charge is 2.23. The molecule has 0 spiro atoms. The molecule has 0 atom stereocenters. The van der Waals surface area contributed by atoms with Gasteiger partial charge in [-0.25, -0.2) is 4.79 Å². The monoisotopic (exact) mass is 376 g/mol. The molecule has 7 nitrogen and oxygen atoms in total. The Bertz CT molecular complexity index is 634. The molecule has 0 aliphatic carbocycles. The molecule has 150 valence electrons. The van der Waals surface area contributed by atoms with Crippen molar-refractivity contribution in [1.29, 1.82) is 0 Å². The Kier molecular flexibility index (Phi) is 7.33. The molecule has 0 aromatic heterocycles. The summed E-state index contributed by atoms with van der Waals surface area (Å²) in [6.07, 6.45) is 1.76. The number of anilines is 1. The van der Waals surface area contributed by atoms with Gasteiger partial charge >= 0.3 is 6.03 Å². The molecule has 3 amide bonds. The van der Waals surface area contributed by atoms with E-state index in [4.69, 9.17) is 4.74 Å². The SMILES string of the molecule is COc1ccccc1N1CCC(NC(=O)NCCNC(=O)C(C)(C)C)CC1. The second-order valence-corrected chi connectivity index (χ2v) is 7.84. The zero-order valence-corrected chi connectivity index (χ0v) is 16.8. The van der Waals surface area contributed by atoms with E-state index in [0.29, 0.717) is 13.1 Å². The van der Waals surface area contributed by atoms with Crippen molar-refractivity contribution in [3.63, 3.8) is 0 Å². The standard InChI is InChI=1S/C20H32N4O3/c1-20(2,3)18(25)21-11-12-22-19(26)23-15-9-13-24(14-10-15)16-7-5-6-8-17(16)27-4/h5-8,15H,9-14H2,1-4H3,(H,21,25)(H2,22,23,26). The summed E-state index contributed by atoms with van der Waals surface area (Å²) in [4.78, 5) is 26.1. The lowest BCUT2D eigenvalue weighted by Crippen LogP contribution is -2.49. The van der Waals surface area contributed by atoms with Crippen molar-refractivity contribution in [3.05, 3.63) is 24.3 Å². The molecule has 0 bridgehead atoms. The van der Waals surface area contributed by atoms with Gasteiger partial charge in [0.25, 0.3) is 0 Å². The lowest BCUT2D eigenvalue weighted by Gasteiger charge is -2.34. The molecule has 1 aliphatic rings. The molecule has 0 unspecified atom stereocenters. The zero-order valence-electron chi connectivity index (χ0n) is 16.8. The van der Waals surface area contributed by atoms with Gasteiger partial charge in [0, 0.05) is 37.6 Å². The largest absolute Gasteiger partial charge is 0.495 e. The number of amides is 3. The first-order chi connectivity index (χ1) is 12.8. The number of hydrogen-bond acceptors (Lipinski definition) is 4. The van der Waals surface area contributed by atoms with Crippen molar-refractivity contribution < 1.29 is 14.3 Å². The van der Waals surface area contributed by atoms with Gasteiger partial charge in [0.05, 0.1) is 12.8 Å². The van der Waals surface area contributed by atoms with Crippen molar-refractivity contribution >= 4 is 17.6 Å². The van der Waals surface area contributed by atoms with Gasteiger partial charge in [-0.15, -0.1) is 0 Å². The highest BCUT2D eigenvalue weighted by atomic mass is 16.5. The van der Waals surface area contributed by atoms with Gasteiger partial charge in [-0.05, 0) is 25.0 Å². The third kappa shape index (κ3) is 6.34. The minimum atomic E-state index is -0.419. The molecule has 1 heterocycles. The van der Waals surface area contributed by atoms with Gasteiger partial charge in [0.1, 0.15) is 5.75 Å². The molecule has 1 aromatic carbocycles. The maximum atomic E-state index is 12.0. The minimum Gasteiger partial charge on any atom is -0.495 e. The third-order valence-electron chi connectivity index (χ3n) is 4.63. The summed E-state index contributed by atoms with van der Waals surface area (Å²) in [5.74, 6) is 0.854. The molecule has 7 heteroatoms. The normalized spacial score (nSPS) is 15.2. The van der Waals surface area contributed by atoms with Crippen LogP contribution in [-0.2, 0) is 4.79 Å². The average molecular weight is 377 g/mol. The van der Waals surface area contributed by atoms with E-state index >= 15 is 0 Å². The Hall–Kier alpha value is -2.44. The van der Waals surface area contributed by atoms with Crippen LogP contribution >= 0.6 is 0 Å². The number of para-hydroxylation sites is 2. The van der Waals surface area contributed by atoms with Crippen LogP contribution in [0.5, 0.6) is 5.75 Å². The van der Waals surface area contributed by atoms with Crippen molar-refractivity contribution in [2.75, 3.05) is 38.2 Å². The number of piperidine rings is 1. The zero-order chi connectivity index (χ0) is 19.9. The molecule has 1 aromatic rings. The first kappa shape index (κ1) is 20.9. The molecule has 1 fully saturated rings. The fourth-order valence-corrected chi connectivity index (χ4v) is 3.01. The summed E-state index contributed by atoms with van der Waals surface area (Å²) in [5, 5.41) is 8.63. The van der Waals surface area contributed by atoms with Gasteiger partial charge in [-0.3, -0.25) is 4.79 Å². The van der Waals surface area contributed by atoms with E-state index in [1.165, 1.54) is 0 Å². The van der Waals surface area contributed by atoms with E-state index in [-0.39, 0.29) is 18.0 Å². The Morgan fingerprint density at radius 2 is 1.74 bits per heavy atom. The number of methoxy groups -OCH3 is 1. The summed E-state index contributed by atoms with van der Waals surface area (Å²) in [6, 6.07) is 7.96. The molecule has 1 saturated heterocycles. The van der Waals surface area contributed by atoms with E-state index in [1.54, 1.807) is 7.11 Å². The number of urea groups is 1. The summed E-state index contributed by atoms with van der Waals surface area (Å²) < 4.78 is 5.43. The lowest BCUT2D eigenvalue weighted by atomic mass is 9.96. The molecule has 0 saturated carbocycles. The van der Waals surface area contributed by atoms with E-state index in [1.807, 2.05) is 39.0 Å². The van der Waals surface area contributed by atoms with E-state index < -0.39 is 5.41 Å². The van der Waals surface area contributed by atoms with Crippen LogP contribution < -0.4 is 25.6 Å². The predicted octanol–water partition coefficient (Wildman–Crippen LogP) is 2.13. The van der Waals surface area contributed by atoms with Crippen LogP contribution in [0.15, 0.2) is 24.3 Å². The quantitative estimate of drug-likeness (QED) is 0.664. The van der Waals surface area contributed by atoms with E-state index in [0.717, 1.165) is 37.4 Å². The highest BCUT2D eigenvalue weighted by molar-refractivity contribution is 5.81. The van der Waals surface area contributed by atoms with Gasteiger partial charge in [-0.1, -0.05) is 32.9 Å². The Balaban J connectivity index is 1.68. The number of hydrogen-bond donors (Lipinski definition) is 3. The maximum Gasteiger partial charge on any atom is 0.315 e. The summed E-state index contributed by atoms with van der Waals surface area (Å²) in [6.45, 7) is 8.16. The van der Waals surface area contributed by atoms with Gasteiger partial charge in [0.15, 0.2) is 0 Å². The summed E-state index contributed by atoms with van der Waals surface area (Å²) >= 11 is 0. The Morgan fingerprint density at radius 1 is 1.11 bits per heavy atom. The lowest BCUT2D eigenvalue weighted by molar-refractivity contribution is -0.128. The van der Waals surface area contributed by atoms with Crippen LogP contribution in [-0.4, -0.2) is 51.3 Å². The van der Waals surface area contributed by atoms with Crippen molar-refractivity contribution in [1.82, 2.24) is 16.0 Å². The van der Waals surface area contributed by atoms with Gasteiger partial charge in [0.2, 0.25) is 5.91 Å². The van der Waals surface area contributed by atoms with Gasteiger partial charge in [-0.2, -0.15) is 0 Å². The predicted molar refractivity (Wildman–Crippen MR) is 107 cm³/mol. The average Bonchev–Trinajstić information content (AvgIpc) is 2.65. The molecule has 1 aliphatic heterocycles. The van der Waals surface area contributed by atoms with E-state index in [9.17, 15) is 9.59 Å². The van der Waals surface area contributed by atoms with E-state index in [2.05, 4.69) is 26.9 Å². The Morgan fingerprint density at radius 3 is 2.37 bits per heavy atom. The fraction of sp³-hybridized carbons (Fsp3) is 0.600. The first-order valence-corrected chi connectivity index (χ1v) is 9.52. The maximum absolute atomic E-state index is 12.0. The van der Waals surface area contributed by atoms with Crippen LogP contribution in [0.4, 0.5) is 10.5 Å². The second kappa shape index (κ2) is 9.48. The molecule has 2 rings (SSSR count). The third-order valence-corrected chi connectivity index (χ3v) is 4.63. The number of nitrogens with one attached hydrogen (secondary N) is 3. The molecular formula is C20H32N4O3. The minimum absolute atomic E-state index is 0.0200. The van der Waals surface area contributed by atoms with Crippen LogP contribution in [0.2, 0.25) is 0 Å². The number of carbonyl (C=O) groups excluding carboxylic acids is 2. The van der Waals surface area contributed by atoms with Crippen LogP contribution in [0.1, 0.15) is 33.6 Å². The number of ether oxygens (including phenoxy) is 1. The Labute approximate surface area is 161 Å². The van der Waals surface area contributed by atoms with Crippen molar-refractivity contribution in [3.8, 4) is 5.75 Å².